The van der Waals surface area contributed by atoms with E-state index >= 15 is 0 Å². The summed E-state index contributed by atoms with van der Waals surface area (Å²) in [5.41, 5.74) is 7.47. The molecule has 0 spiro atoms. The van der Waals surface area contributed by atoms with Crippen molar-refractivity contribution in [2.24, 2.45) is 0 Å². The fourth-order valence-corrected chi connectivity index (χ4v) is 3.36. The molecule has 2 rings (SSSR count). The standard InChI is InChI=1S/C14H16N2O2S2/c1-10-3-8-14(13(15)9-10)20(17,18)16-11-4-6-12(19-2)7-5-11/h3-9,16H,15H2,1-2H3. The van der Waals surface area contributed by atoms with E-state index < -0.39 is 10.0 Å². The van der Waals surface area contributed by atoms with Gasteiger partial charge in [0, 0.05) is 10.6 Å². The van der Waals surface area contributed by atoms with Crippen LogP contribution in [-0.2, 0) is 10.0 Å². The molecule has 0 heterocycles. The van der Waals surface area contributed by atoms with Gasteiger partial charge in [-0.3, -0.25) is 4.72 Å². The monoisotopic (exact) mass is 308 g/mol. The van der Waals surface area contributed by atoms with Crippen LogP contribution in [0, 0.1) is 6.92 Å². The Bertz CT molecular complexity index is 710. The number of anilines is 2. The Balaban J connectivity index is 2.30. The lowest BCUT2D eigenvalue weighted by Gasteiger charge is -2.11. The second-order valence-electron chi connectivity index (χ2n) is 4.38. The summed E-state index contributed by atoms with van der Waals surface area (Å²) in [6.07, 6.45) is 1.96. The minimum absolute atomic E-state index is 0.0945. The highest BCUT2D eigenvalue weighted by molar-refractivity contribution is 7.98. The van der Waals surface area contributed by atoms with Gasteiger partial charge in [-0.1, -0.05) is 6.07 Å². The fourth-order valence-electron chi connectivity index (χ4n) is 1.78. The summed E-state index contributed by atoms with van der Waals surface area (Å²) in [6, 6.07) is 12.1. The number of aryl methyl sites for hydroxylation is 1. The van der Waals surface area contributed by atoms with Crippen molar-refractivity contribution < 1.29 is 8.42 Å². The lowest BCUT2D eigenvalue weighted by atomic mass is 10.2. The topological polar surface area (TPSA) is 72.2 Å². The third-order valence-corrected chi connectivity index (χ3v) is 5.00. The summed E-state index contributed by atoms with van der Waals surface area (Å²) in [5.74, 6) is 0. The molecular weight excluding hydrogens is 292 g/mol. The molecule has 4 nitrogen and oxygen atoms in total. The summed E-state index contributed by atoms with van der Waals surface area (Å²) in [7, 11) is -3.66. The minimum atomic E-state index is -3.66. The first kappa shape index (κ1) is 14.7. The molecule has 0 radical (unpaired) electrons. The van der Waals surface area contributed by atoms with Crippen LogP contribution >= 0.6 is 11.8 Å². The van der Waals surface area contributed by atoms with Crippen LogP contribution in [-0.4, -0.2) is 14.7 Å². The number of nitrogens with two attached hydrogens (primary N) is 1. The van der Waals surface area contributed by atoms with E-state index in [1.54, 1.807) is 36.0 Å². The molecule has 0 bridgehead atoms. The molecular formula is C14H16N2O2S2. The number of sulfonamides is 1. The number of hydrogen-bond acceptors (Lipinski definition) is 4. The molecule has 6 heteroatoms. The molecule has 20 heavy (non-hydrogen) atoms. The molecule has 106 valence electrons. The van der Waals surface area contributed by atoms with Crippen LogP contribution < -0.4 is 10.5 Å². The number of nitrogens with one attached hydrogen (secondary N) is 1. The van der Waals surface area contributed by atoms with Crippen LogP contribution in [0.5, 0.6) is 0 Å². The Labute approximate surface area is 123 Å². The highest BCUT2D eigenvalue weighted by Crippen LogP contribution is 2.24. The van der Waals surface area contributed by atoms with Gasteiger partial charge in [0.2, 0.25) is 0 Å². The second kappa shape index (κ2) is 5.76. The summed E-state index contributed by atoms with van der Waals surface area (Å²) in [4.78, 5) is 1.17. The Morgan fingerprint density at radius 2 is 1.75 bits per heavy atom. The first-order valence-corrected chi connectivity index (χ1v) is 8.66. The molecule has 0 fully saturated rings. The van der Waals surface area contributed by atoms with Crippen molar-refractivity contribution in [2.45, 2.75) is 16.7 Å². The third kappa shape index (κ3) is 3.26. The van der Waals surface area contributed by atoms with E-state index in [0.29, 0.717) is 5.69 Å². The lowest BCUT2D eigenvalue weighted by molar-refractivity contribution is 0.601. The maximum atomic E-state index is 12.3. The molecule has 0 aromatic heterocycles. The van der Waals surface area contributed by atoms with Crippen molar-refractivity contribution in [2.75, 3.05) is 16.7 Å². The molecule has 0 saturated heterocycles. The number of hydrogen-bond donors (Lipinski definition) is 2. The first-order valence-electron chi connectivity index (χ1n) is 5.95. The Kier molecular flexibility index (Phi) is 4.25. The number of rotatable bonds is 4. The average molecular weight is 308 g/mol. The Morgan fingerprint density at radius 1 is 1.10 bits per heavy atom. The summed E-state index contributed by atoms with van der Waals surface area (Å²) in [6.45, 7) is 1.86. The zero-order valence-corrected chi connectivity index (χ0v) is 12.9. The second-order valence-corrected chi connectivity index (χ2v) is 6.91. The average Bonchev–Trinajstić information content (AvgIpc) is 2.38. The quantitative estimate of drug-likeness (QED) is 0.672. The molecule has 0 unspecified atom stereocenters. The summed E-state index contributed by atoms with van der Waals surface area (Å²) in [5, 5.41) is 0. The van der Waals surface area contributed by atoms with Gasteiger partial charge in [0.1, 0.15) is 4.90 Å². The van der Waals surface area contributed by atoms with E-state index in [-0.39, 0.29) is 10.6 Å². The predicted molar refractivity (Wildman–Crippen MR) is 84.6 cm³/mol. The van der Waals surface area contributed by atoms with E-state index in [2.05, 4.69) is 4.72 Å². The van der Waals surface area contributed by atoms with Crippen LogP contribution in [0.1, 0.15) is 5.56 Å². The van der Waals surface area contributed by atoms with Crippen LogP contribution in [0.2, 0.25) is 0 Å². The van der Waals surface area contributed by atoms with E-state index in [0.717, 1.165) is 10.5 Å². The van der Waals surface area contributed by atoms with E-state index in [4.69, 9.17) is 5.73 Å². The van der Waals surface area contributed by atoms with Crippen LogP contribution in [0.15, 0.2) is 52.3 Å². The van der Waals surface area contributed by atoms with Gasteiger partial charge in [0.05, 0.1) is 5.69 Å². The van der Waals surface area contributed by atoms with Crippen molar-refractivity contribution in [3.63, 3.8) is 0 Å². The van der Waals surface area contributed by atoms with Gasteiger partial charge in [-0.25, -0.2) is 8.42 Å². The van der Waals surface area contributed by atoms with Crippen molar-refractivity contribution in [1.82, 2.24) is 0 Å². The molecule has 0 saturated carbocycles. The summed E-state index contributed by atoms with van der Waals surface area (Å²) < 4.78 is 27.1. The highest BCUT2D eigenvalue weighted by atomic mass is 32.2. The van der Waals surface area contributed by atoms with Gasteiger partial charge in [-0.15, -0.1) is 11.8 Å². The molecule has 3 N–H and O–H groups in total. The van der Waals surface area contributed by atoms with Crippen LogP contribution in [0.4, 0.5) is 11.4 Å². The van der Waals surface area contributed by atoms with Gasteiger partial charge < -0.3 is 5.73 Å². The van der Waals surface area contributed by atoms with Gasteiger partial charge in [0.15, 0.2) is 0 Å². The number of benzene rings is 2. The Morgan fingerprint density at radius 3 is 2.30 bits per heavy atom. The van der Waals surface area contributed by atoms with Gasteiger partial charge in [-0.2, -0.15) is 0 Å². The van der Waals surface area contributed by atoms with Gasteiger partial charge in [-0.05, 0) is 55.1 Å². The molecule has 2 aromatic carbocycles. The molecule has 0 aliphatic heterocycles. The van der Waals surface area contributed by atoms with Gasteiger partial charge in [0.25, 0.3) is 10.0 Å². The molecule has 0 aliphatic carbocycles. The van der Waals surface area contributed by atoms with E-state index in [9.17, 15) is 8.42 Å². The molecule has 0 amide bonds. The molecule has 2 aromatic rings. The van der Waals surface area contributed by atoms with Crippen molar-refractivity contribution in [3.05, 3.63) is 48.0 Å². The smallest absolute Gasteiger partial charge is 0.263 e. The van der Waals surface area contributed by atoms with Crippen molar-refractivity contribution in [1.29, 1.82) is 0 Å². The maximum absolute atomic E-state index is 12.3. The van der Waals surface area contributed by atoms with E-state index in [1.807, 2.05) is 25.3 Å². The molecule has 0 atom stereocenters. The number of thioether (sulfide) groups is 1. The predicted octanol–water partition coefficient (Wildman–Crippen LogP) is 3.10. The van der Waals surface area contributed by atoms with Crippen molar-refractivity contribution >= 4 is 33.2 Å². The zero-order chi connectivity index (χ0) is 14.8. The first-order chi connectivity index (χ1) is 9.42. The normalized spacial score (nSPS) is 11.3. The number of nitrogen functional groups attached to an aromatic ring is 1. The summed E-state index contributed by atoms with van der Waals surface area (Å²) >= 11 is 1.60. The van der Waals surface area contributed by atoms with Crippen LogP contribution in [0.25, 0.3) is 0 Å². The lowest BCUT2D eigenvalue weighted by Crippen LogP contribution is -2.14. The minimum Gasteiger partial charge on any atom is -0.398 e. The van der Waals surface area contributed by atoms with Gasteiger partial charge >= 0.3 is 0 Å². The third-order valence-electron chi connectivity index (χ3n) is 2.80. The zero-order valence-electron chi connectivity index (χ0n) is 11.3. The molecule has 0 aliphatic rings. The SMILES string of the molecule is CSc1ccc(NS(=O)(=O)c2ccc(C)cc2N)cc1. The van der Waals surface area contributed by atoms with Crippen LogP contribution in [0.3, 0.4) is 0 Å². The fraction of sp³-hybridized carbons (Fsp3) is 0.143. The van der Waals surface area contributed by atoms with Crippen molar-refractivity contribution in [3.8, 4) is 0 Å². The highest BCUT2D eigenvalue weighted by Gasteiger charge is 2.17. The maximum Gasteiger partial charge on any atom is 0.263 e. The Hall–Kier alpha value is -1.66. The van der Waals surface area contributed by atoms with E-state index in [1.165, 1.54) is 6.07 Å². The largest absolute Gasteiger partial charge is 0.398 e.